The van der Waals surface area contributed by atoms with Crippen LogP contribution < -0.4 is 15.8 Å². The Bertz CT molecular complexity index is 1560. The summed E-state index contributed by atoms with van der Waals surface area (Å²) in [6.45, 7) is 6.07. The SMILES string of the molecule is CC(C)c1nn(-c2c(Cl)cc(Cl)cc2Cl)c2ncn(Cc3ccc(N(C)C(=O)CNCCN(C)C)cc3)c(=O)c12. The molecule has 2 aromatic heterocycles. The molecular weight excluding hydrogens is 573 g/mol. The first-order chi connectivity index (χ1) is 19.0. The zero-order valence-electron chi connectivity index (χ0n) is 23.1. The molecule has 2 aromatic carbocycles. The van der Waals surface area contributed by atoms with Crippen molar-refractivity contribution in [1.29, 1.82) is 0 Å². The van der Waals surface area contributed by atoms with E-state index in [0.29, 0.717) is 44.0 Å². The summed E-state index contributed by atoms with van der Waals surface area (Å²) >= 11 is 19.0. The van der Waals surface area contributed by atoms with Crippen molar-refractivity contribution in [3.05, 3.63) is 79.4 Å². The molecule has 2 heterocycles. The number of benzene rings is 2. The number of fused-ring (bicyclic) bond motifs is 1. The van der Waals surface area contributed by atoms with Crippen LogP contribution in [0.15, 0.2) is 47.5 Å². The minimum absolute atomic E-state index is 0.0310. The molecule has 0 unspecified atom stereocenters. The van der Waals surface area contributed by atoms with Gasteiger partial charge in [0.1, 0.15) is 17.4 Å². The standard InChI is InChI=1S/C28H32Cl3N7O2/c1-17(2)25-24-27(38(34-25)26-21(30)12-19(29)13-22(26)31)33-16-37(28(24)40)15-18-6-8-20(9-7-18)36(5)23(39)14-32-10-11-35(3)4/h6-9,12-13,16-17,32H,10-11,14-15H2,1-5H3. The molecule has 212 valence electrons. The minimum Gasteiger partial charge on any atom is -0.314 e. The third-order valence-corrected chi connectivity index (χ3v) is 7.28. The van der Waals surface area contributed by atoms with Crippen LogP contribution in [0.4, 0.5) is 5.69 Å². The molecule has 0 aliphatic carbocycles. The predicted octanol–water partition coefficient (Wildman–Crippen LogP) is 4.83. The van der Waals surface area contributed by atoms with Crippen molar-refractivity contribution in [1.82, 2.24) is 29.5 Å². The molecule has 0 spiro atoms. The summed E-state index contributed by atoms with van der Waals surface area (Å²) in [6, 6.07) is 10.7. The Kier molecular flexibility index (Phi) is 9.53. The Hall–Kier alpha value is -2.95. The lowest BCUT2D eigenvalue weighted by atomic mass is 10.1. The molecule has 4 aromatic rings. The molecule has 1 N–H and O–H groups in total. The lowest BCUT2D eigenvalue weighted by Gasteiger charge is -2.18. The number of hydrogen-bond acceptors (Lipinski definition) is 6. The summed E-state index contributed by atoms with van der Waals surface area (Å²) in [6.07, 6.45) is 1.49. The number of likely N-dealkylation sites (N-methyl/N-ethyl adjacent to an activating group) is 2. The highest BCUT2D eigenvalue weighted by molar-refractivity contribution is 6.40. The molecular formula is C28H32Cl3N7O2. The molecule has 12 heteroatoms. The minimum atomic E-state index is -0.221. The van der Waals surface area contributed by atoms with Crippen molar-refractivity contribution >= 4 is 57.4 Å². The smallest absolute Gasteiger partial charge is 0.265 e. The lowest BCUT2D eigenvalue weighted by molar-refractivity contribution is -0.117. The van der Waals surface area contributed by atoms with Crippen LogP contribution in [0, 0.1) is 0 Å². The number of hydrogen-bond donors (Lipinski definition) is 1. The fraction of sp³-hybridized carbons (Fsp3) is 0.357. The second-order valence-electron chi connectivity index (χ2n) is 10.1. The Morgan fingerprint density at radius 3 is 2.30 bits per heavy atom. The highest BCUT2D eigenvalue weighted by Crippen LogP contribution is 2.34. The van der Waals surface area contributed by atoms with E-state index in [4.69, 9.17) is 34.8 Å². The van der Waals surface area contributed by atoms with Crippen molar-refractivity contribution in [3.63, 3.8) is 0 Å². The maximum atomic E-state index is 13.7. The van der Waals surface area contributed by atoms with Crippen LogP contribution >= 0.6 is 34.8 Å². The van der Waals surface area contributed by atoms with Crippen LogP contribution in [0.1, 0.15) is 31.0 Å². The highest BCUT2D eigenvalue weighted by Gasteiger charge is 2.23. The van der Waals surface area contributed by atoms with Crippen molar-refractivity contribution < 1.29 is 4.79 Å². The lowest BCUT2D eigenvalue weighted by Crippen LogP contribution is -2.37. The van der Waals surface area contributed by atoms with Crippen LogP contribution in [0.3, 0.4) is 0 Å². The zero-order chi connectivity index (χ0) is 29.1. The molecule has 0 saturated carbocycles. The van der Waals surface area contributed by atoms with E-state index in [9.17, 15) is 9.59 Å². The van der Waals surface area contributed by atoms with Crippen molar-refractivity contribution in [2.24, 2.45) is 0 Å². The van der Waals surface area contributed by atoms with Gasteiger partial charge in [0.05, 0.1) is 28.8 Å². The number of nitrogens with one attached hydrogen (secondary N) is 1. The van der Waals surface area contributed by atoms with Crippen LogP contribution in [-0.2, 0) is 11.3 Å². The Morgan fingerprint density at radius 1 is 1.05 bits per heavy atom. The van der Waals surface area contributed by atoms with Gasteiger partial charge in [-0.2, -0.15) is 5.10 Å². The van der Waals surface area contributed by atoms with Gasteiger partial charge in [0, 0.05) is 30.8 Å². The third-order valence-electron chi connectivity index (χ3n) is 6.49. The predicted molar refractivity (Wildman–Crippen MR) is 163 cm³/mol. The molecule has 1 amide bonds. The first kappa shape index (κ1) is 30.0. The van der Waals surface area contributed by atoms with Crippen molar-refractivity contribution in [2.75, 3.05) is 45.7 Å². The molecule has 0 fully saturated rings. The second kappa shape index (κ2) is 12.7. The third kappa shape index (κ3) is 6.50. The van der Waals surface area contributed by atoms with Gasteiger partial charge in [0.2, 0.25) is 5.91 Å². The van der Waals surface area contributed by atoms with Gasteiger partial charge in [-0.05, 0) is 49.8 Å². The van der Waals surface area contributed by atoms with Crippen LogP contribution in [0.5, 0.6) is 0 Å². The van der Waals surface area contributed by atoms with Crippen LogP contribution in [-0.4, -0.2) is 70.9 Å². The van der Waals surface area contributed by atoms with E-state index in [-0.39, 0.29) is 23.9 Å². The van der Waals surface area contributed by atoms with E-state index >= 15 is 0 Å². The van der Waals surface area contributed by atoms with E-state index in [0.717, 1.165) is 24.3 Å². The van der Waals surface area contributed by atoms with Gasteiger partial charge in [0.15, 0.2) is 5.65 Å². The number of amides is 1. The Labute approximate surface area is 248 Å². The largest absolute Gasteiger partial charge is 0.314 e. The first-order valence-corrected chi connectivity index (χ1v) is 13.9. The molecule has 0 saturated heterocycles. The summed E-state index contributed by atoms with van der Waals surface area (Å²) in [5, 5.41) is 9.25. The molecule has 0 radical (unpaired) electrons. The maximum absolute atomic E-state index is 13.7. The average molecular weight is 605 g/mol. The zero-order valence-corrected chi connectivity index (χ0v) is 25.3. The van der Waals surface area contributed by atoms with E-state index in [1.54, 1.807) is 28.6 Å². The molecule has 0 atom stereocenters. The molecule has 4 rings (SSSR count). The normalized spacial score (nSPS) is 11.7. The van der Waals surface area contributed by atoms with Gasteiger partial charge in [-0.1, -0.05) is 60.8 Å². The molecule has 40 heavy (non-hydrogen) atoms. The van der Waals surface area contributed by atoms with Crippen LogP contribution in [0.2, 0.25) is 15.1 Å². The van der Waals surface area contributed by atoms with E-state index in [2.05, 4.69) is 20.3 Å². The number of anilines is 1. The maximum Gasteiger partial charge on any atom is 0.265 e. The Morgan fingerprint density at radius 2 is 1.70 bits per heavy atom. The summed E-state index contributed by atoms with van der Waals surface area (Å²) < 4.78 is 3.05. The van der Waals surface area contributed by atoms with Crippen molar-refractivity contribution in [2.45, 2.75) is 26.3 Å². The number of carbonyl (C=O) groups excluding carboxylic acids is 1. The monoisotopic (exact) mass is 603 g/mol. The number of nitrogens with zero attached hydrogens (tertiary/aromatic N) is 6. The van der Waals surface area contributed by atoms with Gasteiger partial charge >= 0.3 is 0 Å². The van der Waals surface area contributed by atoms with Gasteiger partial charge in [-0.15, -0.1) is 0 Å². The highest BCUT2D eigenvalue weighted by atomic mass is 35.5. The molecule has 0 aliphatic heterocycles. The second-order valence-corrected chi connectivity index (χ2v) is 11.4. The quantitative estimate of drug-likeness (QED) is 0.261. The number of aromatic nitrogens is 4. The molecule has 9 nitrogen and oxygen atoms in total. The number of rotatable bonds is 10. The van der Waals surface area contributed by atoms with Gasteiger partial charge in [-0.3, -0.25) is 14.2 Å². The summed E-state index contributed by atoms with van der Waals surface area (Å²) in [5.74, 6) is -0.0832. The molecule has 0 aliphatic rings. The average Bonchev–Trinajstić information content (AvgIpc) is 3.27. The fourth-order valence-corrected chi connectivity index (χ4v) is 5.24. The van der Waals surface area contributed by atoms with Gasteiger partial charge in [0.25, 0.3) is 5.56 Å². The Balaban J connectivity index is 1.59. The van der Waals surface area contributed by atoms with E-state index < -0.39 is 0 Å². The first-order valence-electron chi connectivity index (χ1n) is 12.8. The molecule has 0 bridgehead atoms. The van der Waals surface area contributed by atoms with Crippen molar-refractivity contribution in [3.8, 4) is 5.69 Å². The van der Waals surface area contributed by atoms with E-state index in [1.165, 1.54) is 11.0 Å². The van der Waals surface area contributed by atoms with Gasteiger partial charge in [-0.25, -0.2) is 9.67 Å². The summed E-state index contributed by atoms with van der Waals surface area (Å²) in [7, 11) is 5.73. The summed E-state index contributed by atoms with van der Waals surface area (Å²) in [4.78, 5) is 34.5. The number of halogens is 3. The van der Waals surface area contributed by atoms with E-state index in [1.807, 2.05) is 52.2 Å². The summed E-state index contributed by atoms with van der Waals surface area (Å²) in [5.41, 5.74) is 2.81. The fourth-order valence-electron chi connectivity index (χ4n) is 4.26. The van der Waals surface area contributed by atoms with Crippen LogP contribution in [0.25, 0.3) is 16.7 Å². The topological polar surface area (TPSA) is 88.3 Å². The van der Waals surface area contributed by atoms with Gasteiger partial charge < -0.3 is 15.1 Å². The number of carbonyl (C=O) groups is 1.